The highest BCUT2D eigenvalue weighted by molar-refractivity contribution is 6.30. The molecule has 0 spiro atoms. The third-order valence-corrected chi connectivity index (χ3v) is 10.6. The zero-order chi connectivity index (χ0) is 52.8. The van der Waals surface area contributed by atoms with Gasteiger partial charge in [0.25, 0.3) is 11.8 Å². The second-order valence-electron chi connectivity index (χ2n) is 15.0. The van der Waals surface area contributed by atoms with Crippen LogP contribution in [0.3, 0.4) is 0 Å². The summed E-state index contributed by atoms with van der Waals surface area (Å²) in [5, 5.41) is 0. The smallest absolute Gasteiger partial charge is 0.307 e. The van der Waals surface area contributed by atoms with Crippen LogP contribution in [0.25, 0.3) is 11.4 Å². The summed E-state index contributed by atoms with van der Waals surface area (Å²) in [5.41, 5.74) is -9.24. The van der Waals surface area contributed by atoms with Crippen LogP contribution in [-0.4, -0.2) is 94.4 Å². The molecule has 4 nitrogen and oxygen atoms in total. The van der Waals surface area contributed by atoms with Crippen LogP contribution < -0.4 is 0 Å². The Hall–Kier alpha value is -4.96. The van der Waals surface area contributed by atoms with E-state index in [1.54, 1.807) is 0 Å². The molecule has 0 unspecified atom stereocenters. The first-order valence-electron chi connectivity index (χ1n) is 18.7. The van der Waals surface area contributed by atoms with Gasteiger partial charge in [-0.15, -0.1) is 0 Å². The maximum absolute atomic E-state index is 15.0. The number of carbonyl (C=O) groups is 2. The van der Waals surface area contributed by atoms with Gasteiger partial charge in [0.2, 0.25) is 0 Å². The molecule has 30 heteroatoms. The van der Waals surface area contributed by atoms with Crippen LogP contribution in [0.2, 0.25) is 0 Å². The Morgan fingerprint density at radius 2 is 0.588 bits per heavy atom. The molecule has 2 heterocycles. The fourth-order valence-electron chi connectivity index (χ4n) is 6.63. The molecular formula is C38H26F26N2O2. The van der Waals surface area contributed by atoms with E-state index >= 15 is 17.6 Å². The predicted octanol–water partition coefficient (Wildman–Crippen LogP) is 13.5. The second-order valence-corrected chi connectivity index (χ2v) is 15.0. The fraction of sp³-hybridized carbons (Fsp3) is 0.526. The molecule has 0 saturated carbocycles. The van der Waals surface area contributed by atoms with Gasteiger partial charge in [0.1, 0.15) is 0 Å². The third kappa shape index (κ3) is 7.70. The van der Waals surface area contributed by atoms with Gasteiger partial charge in [0.05, 0.1) is 22.5 Å². The summed E-state index contributed by atoms with van der Waals surface area (Å²) in [4.78, 5) is 29.5. The standard InChI is InChI=1S/C38H26F26N2O2/c1-3-5-15-65-23(17-7-11-19(12-8-17)27(39,40)29(43,44)31(47,48)33(51,52)35(55,56)37(59,60)61)21-22(25(65)67)24(66(26(21)68)16-6-4-2)18-9-13-20(14-10-18)28(41,42)30(45,46)32(49,50)34(53,54)36(57,58)38(62,63)64/h7-14H,3-6,15-16H2,1-2H3. The van der Waals surface area contributed by atoms with E-state index in [2.05, 4.69) is 0 Å². The van der Waals surface area contributed by atoms with Gasteiger partial charge in [-0.1, -0.05) is 75.2 Å². The van der Waals surface area contributed by atoms with Gasteiger partial charge in [-0.3, -0.25) is 9.59 Å². The number of benzene rings is 2. The Labute approximate surface area is 363 Å². The average Bonchev–Trinajstić information content (AvgIpc) is 3.66. The van der Waals surface area contributed by atoms with Gasteiger partial charge < -0.3 is 9.80 Å². The predicted molar refractivity (Wildman–Crippen MR) is 179 cm³/mol. The van der Waals surface area contributed by atoms with Crippen LogP contribution in [0.4, 0.5) is 114 Å². The van der Waals surface area contributed by atoms with Crippen molar-refractivity contribution in [2.24, 2.45) is 0 Å². The van der Waals surface area contributed by atoms with Crippen molar-refractivity contribution in [1.29, 1.82) is 0 Å². The van der Waals surface area contributed by atoms with Crippen molar-refractivity contribution in [1.82, 2.24) is 9.80 Å². The third-order valence-electron chi connectivity index (χ3n) is 10.6. The molecule has 0 fully saturated rings. The monoisotopic (exact) mass is 1040 g/mol. The van der Waals surface area contributed by atoms with E-state index in [9.17, 15) is 106 Å². The summed E-state index contributed by atoms with van der Waals surface area (Å²) >= 11 is 0. The Kier molecular flexibility index (Phi) is 13.8. The van der Waals surface area contributed by atoms with Gasteiger partial charge in [0, 0.05) is 24.2 Å². The van der Waals surface area contributed by atoms with E-state index in [1.165, 1.54) is 13.8 Å². The first-order chi connectivity index (χ1) is 30.4. The van der Waals surface area contributed by atoms with Crippen molar-refractivity contribution in [3.8, 4) is 0 Å². The van der Waals surface area contributed by atoms with Crippen LogP contribution >= 0.6 is 0 Å². The van der Waals surface area contributed by atoms with Gasteiger partial charge in [-0.2, -0.15) is 114 Å². The Morgan fingerprint density at radius 3 is 0.809 bits per heavy atom. The maximum atomic E-state index is 15.0. The number of alkyl halides is 26. The summed E-state index contributed by atoms with van der Waals surface area (Å²) in [6.07, 6.45) is -15.1. The number of carbonyl (C=O) groups excluding carboxylic acids is 2. The minimum Gasteiger partial charge on any atom is -0.307 e. The molecule has 0 N–H and O–H groups in total. The zero-order valence-corrected chi connectivity index (χ0v) is 33.4. The highest BCUT2D eigenvalue weighted by Gasteiger charge is 2.92. The van der Waals surface area contributed by atoms with Crippen LogP contribution in [0.5, 0.6) is 0 Å². The molecule has 68 heavy (non-hydrogen) atoms. The molecule has 2 aromatic carbocycles. The molecule has 2 aliphatic heterocycles. The summed E-state index contributed by atoms with van der Waals surface area (Å²) < 4.78 is 360. The molecule has 0 bridgehead atoms. The normalized spacial score (nSPS) is 17.1. The number of halogens is 26. The molecular weight excluding hydrogens is 1010 g/mol. The van der Waals surface area contributed by atoms with Gasteiger partial charge in [0.15, 0.2) is 0 Å². The molecule has 0 saturated heterocycles. The first kappa shape index (κ1) is 55.6. The molecule has 2 aliphatic rings. The number of hydrogen-bond acceptors (Lipinski definition) is 2. The van der Waals surface area contributed by atoms with Crippen molar-refractivity contribution < 1.29 is 124 Å². The molecule has 0 aliphatic carbocycles. The fourth-order valence-corrected chi connectivity index (χ4v) is 6.63. The highest BCUT2D eigenvalue weighted by atomic mass is 19.4. The van der Waals surface area contributed by atoms with Crippen molar-refractivity contribution in [3.05, 3.63) is 81.9 Å². The minimum absolute atomic E-state index is 0.0380. The van der Waals surface area contributed by atoms with Crippen LogP contribution in [0, 0.1) is 0 Å². The number of rotatable bonds is 18. The Bertz CT molecular complexity index is 2150. The molecule has 0 aromatic heterocycles. The Morgan fingerprint density at radius 1 is 0.353 bits per heavy atom. The molecule has 382 valence electrons. The SMILES string of the molecule is CCCCN1C(=O)C2=C(c3ccc(C(F)(F)C(F)(F)C(F)(F)C(F)(F)C(F)(F)C(F)(F)F)cc3)N(CCCC)C(=O)C2=C1c1ccc(C(F)(F)C(F)(F)C(F)(F)C(F)(F)C(F)(F)C(F)(F)F)cc1. The van der Waals surface area contributed by atoms with Crippen molar-refractivity contribution in [3.63, 3.8) is 0 Å². The lowest BCUT2D eigenvalue weighted by atomic mass is 9.90. The topological polar surface area (TPSA) is 40.6 Å². The van der Waals surface area contributed by atoms with E-state index < -0.39 is 141 Å². The van der Waals surface area contributed by atoms with Crippen molar-refractivity contribution >= 4 is 23.2 Å². The first-order valence-corrected chi connectivity index (χ1v) is 18.7. The van der Waals surface area contributed by atoms with Crippen molar-refractivity contribution in [2.75, 3.05) is 13.1 Å². The van der Waals surface area contributed by atoms with Crippen molar-refractivity contribution in [2.45, 2.75) is 111 Å². The second kappa shape index (κ2) is 16.9. The van der Waals surface area contributed by atoms with E-state index in [0.717, 1.165) is 0 Å². The van der Waals surface area contributed by atoms with E-state index in [-0.39, 0.29) is 74.2 Å². The summed E-state index contributed by atoms with van der Waals surface area (Å²) in [6, 6.07) is -0.148. The number of fused-ring (bicyclic) bond motifs is 1. The zero-order valence-electron chi connectivity index (χ0n) is 33.4. The molecule has 2 aromatic rings. The molecule has 0 atom stereocenters. The molecule has 2 amide bonds. The lowest BCUT2D eigenvalue weighted by Gasteiger charge is -2.39. The van der Waals surface area contributed by atoms with Gasteiger partial charge in [-0.05, 0) is 24.0 Å². The summed E-state index contributed by atoms with van der Waals surface area (Å²) in [7, 11) is 0. The largest absolute Gasteiger partial charge is 0.460 e. The van der Waals surface area contributed by atoms with Crippen LogP contribution in [0.1, 0.15) is 61.8 Å². The quantitative estimate of drug-likeness (QED) is 0.140. The Balaban J connectivity index is 1.90. The average molecular weight is 1040 g/mol. The lowest BCUT2D eigenvalue weighted by Crippen LogP contribution is -2.69. The highest BCUT2D eigenvalue weighted by Crippen LogP contribution is 2.64. The lowest BCUT2D eigenvalue weighted by molar-refractivity contribution is -0.441. The van der Waals surface area contributed by atoms with E-state index in [0.29, 0.717) is 9.80 Å². The van der Waals surface area contributed by atoms with Crippen LogP contribution in [-0.2, 0) is 21.4 Å². The van der Waals surface area contributed by atoms with Crippen LogP contribution in [0.15, 0.2) is 59.7 Å². The number of nitrogens with zero attached hydrogens (tertiary/aromatic N) is 2. The minimum atomic E-state index is -8.23. The number of unbranched alkanes of at least 4 members (excludes halogenated alkanes) is 2. The number of amides is 2. The summed E-state index contributed by atoms with van der Waals surface area (Å²) in [6.45, 7) is 2.03. The van der Waals surface area contributed by atoms with E-state index in [1.807, 2.05) is 0 Å². The molecule has 4 rings (SSSR count). The molecule has 0 radical (unpaired) electrons. The van der Waals surface area contributed by atoms with Gasteiger partial charge >= 0.3 is 71.6 Å². The van der Waals surface area contributed by atoms with Gasteiger partial charge in [-0.25, -0.2) is 0 Å². The number of hydrogen-bond donors (Lipinski definition) is 0. The van der Waals surface area contributed by atoms with E-state index in [4.69, 9.17) is 0 Å². The maximum Gasteiger partial charge on any atom is 0.460 e. The summed E-state index contributed by atoms with van der Waals surface area (Å²) in [5.74, 6) is -80.4.